The average Bonchev–Trinajstić information content (AvgIpc) is 2.59. The number of aliphatic hydroxyl groups excluding tert-OH is 1. The number of hydrogen-bond donors (Lipinski definition) is 2. The number of rotatable bonds is 7. The van der Waals surface area contributed by atoms with Gasteiger partial charge in [0.2, 0.25) is 0 Å². The van der Waals surface area contributed by atoms with E-state index in [4.69, 9.17) is 5.11 Å². The summed E-state index contributed by atoms with van der Waals surface area (Å²) < 4.78 is 12.9. The summed E-state index contributed by atoms with van der Waals surface area (Å²) in [6.45, 7) is 2.29. The van der Waals surface area contributed by atoms with Crippen molar-refractivity contribution in [3.8, 4) is 0 Å². The van der Waals surface area contributed by atoms with Crippen LogP contribution < -0.4 is 5.32 Å². The van der Waals surface area contributed by atoms with Gasteiger partial charge in [-0.1, -0.05) is 19.1 Å². The van der Waals surface area contributed by atoms with Crippen molar-refractivity contribution in [3.63, 3.8) is 0 Å². The molecule has 2 aromatic rings. The van der Waals surface area contributed by atoms with Crippen LogP contribution in [0.1, 0.15) is 22.8 Å². The third-order valence-corrected chi connectivity index (χ3v) is 4.30. The number of thioether (sulfide) groups is 1. The lowest BCUT2D eigenvalue weighted by Gasteiger charge is -2.11. The highest BCUT2D eigenvalue weighted by Gasteiger charge is 2.13. The Morgan fingerprint density at radius 3 is 2.78 bits per heavy atom. The van der Waals surface area contributed by atoms with Crippen LogP contribution in [-0.4, -0.2) is 29.1 Å². The first-order valence-electron chi connectivity index (χ1n) is 7.31. The fourth-order valence-electron chi connectivity index (χ4n) is 1.84. The first-order chi connectivity index (χ1) is 11.1. The van der Waals surface area contributed by atoms with Gasteiger partial charge in [-0.25, -0.2) is 9.37 Å². The molecule has 23 heavy (non-hydrogen) atoms. The van der Waals surface area contributed by atoms with Crippen LogP contribution in [0.5, 0.6) is 0 Å². The summed E-state index contributed by atoms with van der Waals surface area (Å²) in [6.07, 6.45) is 1.64. The number of aliphatic hydroxyl groups is 1. The smallest absolute Gasteiger partial charge is 0.254 e. The Morgan fingerprint density at radius 2 is 2.09 bits per heavy atom. The third kappa shape index (κ3) is 5.33. The molecule has 0 radical (unpaired) electrons. The van der Waals surface area contributed by atoms with E-state index < -0.39 is 0 Å². The number of carbonyl (C=O) groups is 1. The molecule has 1 aromatic heterocycles. The van der Waals surface area contributed by atoms with E-state index in [0.717, 1.165) is 5.56 Å². The fraction of sp³-hybridized carbons (Fsp3) is 0.294. The number of nitrogens with zero attached hydrogens (tertiary/aromatic N) is 1. The molecule has 0 saturated carbocycles. The highest BCUT2D eigenvalue weighted by atomic mass is 32.2. The molecular weight excluding hydrogens is 315 g/mol. The molecule has 0 aliphatic heterocycles. The highest BCUT2D eigenvalue weighted by molar-refractivity contribution is 7.98. The number of pyridine rings is 1. The van der Waals surface area contributed by atoms with Crippen LogP contribution >= 0.6 is 11.8 Å². The molecule has 0 aliphatic carbocycles. The second-order valence-electron chi connectivity index (χ2n) is 5.27. The van der Waals surface area contributed by atoms with Crippen LogP contribution in [0.25, 0.3) is 0 Å². The standard InChI is InChI=1S/C17H19FN2O2S/c1-12(10-21)9-20-16(22)15-3-2-8-19-17(15)23-11-13-4-6-14(18)7-5-13/h2-8,12,21H,9-11H2,1H3,(H,20,22). The number of aromatic nitrogens is 1. The molecule has 2 rings (SSSR count). The molecular formula is C17H19FN2O2S. The van der Waals surface area contributed by atoms with Crippen LogP contribution in [0, 0.1) is 11.7 Å². The van der Waals surface area contributed by atoms with Crippen LogP contribution in [0.4, 0.5) is 4.39 Å². The van der Waals surface area contributed by atoms with Crippen molar-refractivity contribution in [2.24, 2.45) is 5.92 Å². The summed E-state index contributed by atoms with van der Waals surface area (Å²) in [7, 11) is 0. The fourth-order valence-corrected chi connectivity index (χ4v) is 2.79. The summed E-state index contributed by atoms with van der Waals surface area (Å²) in [6, 6.07) is 9.70. The van der Waals surface area contributed by atoms with E-state index in [0.29, 0.717) is 22.9 Å². The van der Waals surface area contributed by atoms with Gasteiger partial charge in [0.1, 0.15) is 10.8 Å². The molecule has 0 spiro atoms. The Bertz CT molecular complexity index is 649. The second kappa shape index (κ2) is 8.64. The molecule has 1 aromatic carbocycles. The Kier molecular flexibility index (Phi) is 6.55. The molecule has 0 fully saturated rings. The molecule has 1 unspecified atom stereocenters. The van der Waals surface area contributed by atoms with Gasteiger partial charge in [-0.05, 0) is 35.7 Å². The van der Waals surface area contributed by atoms with Crippen LogP contribution in [-0.2, 0) is 5.75 Å². The van der Waals surface area contributed by atoms with Crippen molar-refractivity contribution in [2.75, 3.05) is 13.2 Å². The molecule has 122 valence electrons. The van der Waals surface area contributed by atoms with Gasteiger partial charge in [0.15, 0.2) is 0 Å². The maximum Gasteiger partial charge on any atom is 0.254 e. The monoisotopic (exact) mass is 334 g/mol. The van der Waals surface area contributed by atoms with E-state index in [1.54, 1.807) is 30.5 Å². The molecule has 0 aliphatic rings. The van der Waals surface area contributed by atoms with Gasteiger partial charge in [-0.15, -0.1) is 11.8 Å². The summed E-state index contributed by atoms with van der Waals surface area (Å²) >= 11 is 1.43. The van der Waals surface area contributed by atoms with Gasteiger partial charge in [0.05, 0.1) is 5.56 Å². The van der Waals surface area contributed by atoms with Crippen molar-refractivity contribution in [1.29, 1.82) is 0 Å². The van der Waals surface area contributed by atoms with Crippen molar-refractivity contribution in [2.45, 2.75) is 17.7 Å². The normalized spacial score (nSPS) is 12.0. The van der Waals surface area contributed by atoms with E-state index in [1.807, 2.05) is 6.92 Å². The van der Waals surface area contributed by atoms with E-state index in [2.05, 4.69) is 10.3 Å². The van der Waals surface area contributed by atoms with Gasteiger partial charge in [-0.2, -0.15) is 0 Å². The van der Waals surface area contributed by atoms with Gasteiger partial charge >= 0.3 is 0 Å². The first-order valence-corrected chi connectivity index (χ1v) is 8.30. The number of carbonyl (C=O) groups excluding carboxylic acids is 1. The molecule has 1 atom stereocenters. The van der Waals surface area contributed by atoms with Gasteiger partial charge in [0.25, 0.3) is 5.91 Å². The van der Waals surface area contributed by atoms with Gasteiger partial charge in [0, 0.05) is 25.1 Å². The zero-order valence-electron chi connectivity index (χ0n) is 12.8. The second-order valence-corrected chi connectivity index (χ2v) is 6.23. The minimum atomic E-state index is -0.269. The van der Waals surface area contributed by atoms with Crippen molar-refractivity contribution >= 4 is 17.7 Å². The van der Waals surface area contributed by atoms with Crippen molar-refractivity contribution < 1.29 is 14.3 Å². The van der Waals surface area contributed by atoms with Crippen molar-refractivity contribution in [3.05, 3.63) is 59.5 Å². The largest absolute Gasteiger partial charge is 0.396 e. The zero-order chi connectivity index (χ0) is 16.7. The molecule has 2 N–H and O–H groups in total. The first kappa shape index (κ1) is 17.4. The molecule has 6 heteroatoms. The predicted molar refractivity (Wildman–Crippen MR) is 88.8 cm³/mol. The number of benzene rings is 1. The summed E-state index contributed by atoms with van der Waals surface area (Å²) in [5, 5.41) is 12.4. The lowest BCUT2D eigenvalue weighted by Crippen LogP contribution is -2.30. The Labute approximate surface area is 139 Å². The Hall–Kier alpha value is -1.92. The van der Waals surface area contributed by atoms with E-state index in [-0.39, 0.29) is 24.2 Å². The lowest BCUT2D eigenvalue weighted by molar-refractivity contribution is 0.0938. The summed E-state index contributed by atoms with van der Waals surface area (Å²) in [5.41, 5.74) is 1.46. The molecule has 0 saturated heterocycles. The van der Waals surface area contributed by atoms with Crippen LogP contribution in [0.3, 0.4) is 0 Å². The summed E-state index contributed by atoms with van der Waals surface area (Å²) in [4.78, 5) is 16.5. The zero-order valence-corrected chi connectivity index (χ0v) is 13.6. The van der Waals surface area contributed by atoms with Crippen molar-refractivity contribution in [1.82, 2.24) is 10.3 Å². The molecule has 1 amide bonds. The molecule has 0 bridgehead atoms. The van der Waals surface area contributed by atoms with Gasteiger partial charge < -0.3 is 10.4 Å². The number of amides is 1. The SMILES string of the molecule is CC(CO)CNC(=O)c1cccnc1SCc1ccc(F)cc1. The number of halogens is 1. The Balaban J connectivity index is 2.02. The predicted octanol–water partition coefficient (Wildman–Crippen LogP) is 2.87. The van der Waals surface area contributed by atoms with E-state index in [1.165, 1.54) is 23.9 Å². The Morgan fingerprint density at radius 1 is 1.35 bits per heavy atom. The van der Waals surface area contributed by atoms with E-state index in [9.17, 15) is 9.18 Å². The molecule has 1 heterocycles. The van der Waals surface area contributed by atoms with E-state index >= 15 is 0 Å². The third-order valence-electron chi connectivity index (χ3n) is 3.23. The van der Waals surface area contributed by atoms with Crippen LogP contribution in [0.15, 0.2) is 47.6 Å². The minimum absolute atomic E-state index is 0.00550. The van der Waals surface area contributed by atoms with Crippen LogP contribution in [0.2, 0.25) is 0 Å². The average molecular weight is 334 g/mol. The quantitative estimate of drug-likeness (QED) is 0.764. The number of nitrogens with one attached hydrogen (secondary N) is 1. The maximum atomic E-state index is 12.9. The maximum absolute atomic E-state index is 12.9. The summed E-state index contributed by atoms with van der Waals surface area (Å²) in [5.74, 6) is 0.130. The minimum Gasteiger partial charge on any atom is -0.396 e. The molecule has 4 nitrogen and oxygen atoms in total. The highest BCUT2D eigenvalue weighted by Crippen LogP contribution is 2.24. The van der Waals surface area contributed by atoms with Gasteiger partial charge in [-0.3, -0.25) is 4.79 Å². The lowest BCUT2D eigenvalue weighted by atomic mass is 10.2. The number of hydrogen-bond acceptors (Lipinski definition) is 4. The topological polar surface area (TPSA) is 62.2 Å².